The number of amides is 4. The molecule has 0 bridgehead atoms. The number of alkyl halides is 3. The Morgan fingerprint density at radius 3 is 2.48 bits per heavy atom. The van der Waals surface area contributed by atoms with Crippen molar-refractivity contribution in [3.8, 4) is 16.5 Å². The second-order valence-corrected chi connectivity index (χ2v) is 18.7. The van der Waals surface area contributed by atoms with Crippen LogP contribution < -0.4 is 14.8 Å². The molecule has 2 aromatic rings. The molecule has 14 nitrogen and oxygen atoms in total. The lowest BCUT2D eigenvalue weighted by Gasteiger charge is -2.46. The molecule has 4 aliphatic rings. The van der Waals surface area contributed by atoms with E-state index >= 15 is 0 Å². The number of fused-ring (bicyclic) bond motifs is 2. The lowest BCUT2D eigenvalue weighted by atomic mass is 9.82. The molecule has 4 heterocycles. The van der Waals surface area contributed by atoms with Gasteiger partial charge in [-0.25, -0.2) is 23.2 Å². The van der Waals surface area contributed by atoms with Crippen molar-refractivity contribution in [2.75, 3.05) is 6.54 Å². The van der Waals surface area contributed by atoms with E-state index in [2.05, 4.69) is 20.0 Å². The van der Waals surface area contributed by atoms with E-state index in [0.29, 0.717) is 50.1 Å². The number of hydrogen-bond donors (Lipinski definition) is 3. The first-order valence-corrected chi connectivity index (χ1v) is 21.2. The van der Waals surface area contributed by atoms with Crippen molar-refractivity contribution >= 4 is 45.2 Å². The number of rotatable bonds is 9. The minimum atomic E-state index is -5.08. The van der Waals surface area contributed by atoms with E-state index in [-0.39, 0.29) is 48.9 Å². The van der Waals surface area contributed by atoms with E-state index in [1.807, 2.05) is 13.0 Å². The largest absolute Gasteiger partial charge is 0.472 e. The van der Waals surface area contributed by atoms with E-state index in [4.69, 9.17) is 4.74 Å². The number of nitrogens with one attached hydrogen (secondary N) is 2. The summed E-state index contributed by atoms with van der Waals surface area (Å²) in [5, 5.41) is 15.0. The normalized spacial score (nSPS) is 29.5. The number of carbonyl (C=O) groups excluding carboxylic acids is 3. The fraction of sp³-hybridized carbons (Fsp3) is 0.622. The van der Waals surface area contributed by atoms with Gasteiger partial charge in [0.2, 0.25) is 27.7 Å². The first-order chi connectivity index (χ1) is 26.3. The highest BCUT2D eigenvalue weighted by molar-refractivity contribution is 7.91. The molecular formula is C37H47F3N6O8S2. The quantitative estimate of drug-likeness (QED) is 0.286. The molecule has 3 fully saturated rings. The molecule has 0 unspecified atom stereocenters. The topological polar surface area (TPSA) is 188 Å². The first kappa shape index (κ1) is 41.4. The Morgan fingerprint density at radius 2 is 1.89 bits per heavy atom. The van der Waals surface area contributed by atoms with Crippen LogP contribution in [0.1, 0.15) is 79.1 Å². The second-order valence-electron chi connectivity index (χ2n) is 15.8. The minimum absolute atomic E-state index is 0.0693. The monoisotopic (exact) mass is 824 g/mol. The van der Waals surface area contributed by atoms with Gasteiger partial charge in [-0.3, -0.25) is 24.0 Å². The fourth-order valence-electron chi connectivity index (χ4n) is 7.79. The summed E-state index contributed by atoms with van der Waals surface area (Å²) in [6, 6.07) is -0.00920. The summed E-state index contributed by atoms with van der Waals surface area (Å²) in [5.41, 5.74) is -3.99. The zero-order chi connectivity index (χ0) is 40.8. The van der Waals surface area contributed by atoms with Crippen molar-refractivity contribution in [2.24, 2.45) is 17.8 Å². The summed E-state index contributed by atoms with van der Waals surface area (Å²) in [6.45, 7) is 4.63. The van der Waals surface area contributed by atoms with E-state index in [1.165, 1.54) is 17.5 Å². The first-order valence-electron chi connectivity index (χ1n) is 18.8. The molecule has 3 N–H and O–H groups in total. The molecule has 0 spiro atoms. The number of allylic oxidation sites excluding steroid dienone is 1. The molecule has 1 saturated heterocycles. The lowest BCUT2D eigenvalue weighted by molar-refractivity contribution is -0.222. The average Bonchev–Trinajstić information content (AvgIpc) is 3.99. The summed E-state index contributed by atoms with van der Waals surface area (Å²) in [7, 11) is -4.01. The Bertz CT molecular complexity index is 1940. The Labute approximate surface area is 327 Å². The van der Waals surface area contributed by atoms with E-state index < -0.39 is 86.4 Å². The van der Waals surface area contributed by atoms with Gasteiger partial charge in [-0.05, 0) is 70.3 Å². The van der Waals surface area contributed by atoms with Crippen molar-refractivity contribution in [3.05, 3.63) is 42.1 Å². The predicted molar refractivity (Wildman–Crippen MR) is 199 cm³/mol. The number of halogens is 3. The molecule has 7 atom stereocenters. The Kier molecular flexibility index (Phi) is 11.5. The van der Waals surface area contributed by atoms with Crippen LogP contribution in [0.25, 0.3) is 10.6 Å². The number of aromatic nitrogens is 2. The lowest BCUT2D eigenvalue weighted by Crippen LogP contribution is -2.66. The van der Waals surface area contributed by atoms with Gasteiger partial charge >= 0.3 is 12.3 Å². The maximum Gasteiger partial charge on any atom is 0.411 e. The Hall–Kier alpha value is -4.26. The molecule has 19 heteroatoms. The highest BCUT2D eigenvalue weighted by atomic mass is 32.2. The summed E-state index contributed by atoms with van der Waals surface area (Å²) in [6.07, 6.45) is 0.780. The molecule has 56 heavy (non-hydrogen) atoms. The molecule has 306 valence electrons. The second kappa shape index (κ2) is 15.6. The molecule has 2 aliphatic carbocycles. The molecule has 2 aromatic heterocycles. The predicted octanol–water partition coefficient (Wildman–Crippen LogP) is 5.13. The number of thiazole rings is 1. The third kappa shape index (κ3) is 8.38. The molecule has 6 rings (SSSR count). The third-order valence-corrected chi connectivity index (χ3v) is 14.1. The minimum Gasteiger partial charge on any atom is -0.472 e. The van der Waals surface area contributed by atoms with E-state index in [0.717, 1.165) is 4.90 Å². The Balaban J connectivity index is 1.39. The van der Waals surface area contributed by atoms with Crippen LogP contribution in [-0.2, 0) is 24.4 Å². The van der Waals surface area contributed by atoms with Crippen molar-refractivity contribution < 1.29 is 50.6 Å². The van der Waals surface area contributed by atoms with Crippen LogP contribution in [0.5, 0.6) is 5.88 Å². The standard InChI is InChI=1S/C37H47F3N6O8S2/c1-5-22-16-21(2)8-6-7-9-24-18-36(24,33(49)44-56(52,53)26-11-12-26)43-30(47)27-17-25(54-28-13-10-23(19-42-28)31-41-14-15-55-31)20-45(27)32(48)29(22)46(34(50)51)35(3,4)37(38,39)40/h7,9-10,13-15,19,21-22,24-27,29H,5-6,8,11-12,16-18,20H2,1-4H3,(H,43,47)(H,44,49)(H,50,51)/b9-7-/t21-,22-,24-,25-,27+,29+,36-/m1/s1. The van der Waals surface area contributed by atoms with Gasteiger partial charge in [-0.15, -0.1) is 11.3 Å². The average molecular weight is 825 g/mol. The molecular weight excluding hydrogens is 778 g/mol. The molecule has 2 saturated carbocycles. The van der Waals surface area contributed by atoms with Gasteiger partial charge in [0.1, 0.15) is 34.3 Å². The highest BCUT2D eigenvalue weighted by Crippen LogP contribution is 2.47. The summed E-state index contributed by atoms with van der Waals surface area (Å²) in [4.78, 5) is 65.9. The maximum absolute atomic E-state index is 15.0. The molecule has 0 aromatic carbocycles. The van der Waals surface area contributed by atoms with Gasteiger partial charge in [0.25, 0.3) is 5.91 Å². The zero-order valence-electron chi connectivity index (χ0n) is 31.5. The number of hydrogen-bond acceptors (Lipinski definition) is 10. The van der Waals surface area contributed by atoms with Gasteiger partial charge in [0, 0.05) is 41.7 Å². The number of nitrogens with zero attached hydrogens (tertiary/aromatic N) is 4. The van der Waals surface area contributed by atoms with Crippen LogP contribution in [0, 0.1) is 17.8 Å². The van der Waals surface area contributed by atoms with Gasteiger partial charge < -0.3 is 20.1 Å². The van der Waals surface area contributed by atoms with Crippen LogP contribution >= 0.6 is 11.3 Å². The van der Waals surface area contributed by atoms with Gasteiger partial charge in [-0.1, -0.05) is 32.4 Å². The smallest absolute Gasteiger partial charge is 0.411 e. The van der Waals surface area contributed by atoms with Crippen LogP contribution in [0.4, 0.5) is 18.0 Å². The highest BCUT2D eigenvalue weighted by Gasteiger charge is 2.63. The summed E-state index contributed by atoms with van der Waals surface area (Å²) >= 11 is 1.40. The van der Waals surface area contributed by atoms with Gasteiger partial charge in [0.05, 0.1) is 11.8 Å². The number of pyridine rings is 1. The maximum atomic E-state index is 15.0. The fourth-order valence-corrected chi connectivity index (χ4v) is 9.78. The van der Waals surface area contributed by atoms with Gasteiger partial charge in [0.15, 0.2) is 0 Å². The van der Waals surface area contributed by atoms with Crippen LogP contribution in [0.15, 0.2) is 42.1 Å². The van der Waals surface area contributed by atoms with Crippen LogP contribution in [0.2, 0.25) is 0 Å². The van der Waals surface area contributed by atoms with Crippen molar-refractivity contribution in [2.45, 2.75) is 120 Å². The summed E-state index contributed by atoms with van der Waals surface area (Å²) in [5.74, 6) is -4.31. The zero-order valence-corrected chi connectivity index (χ0v) is 33.1. The van der Waals surface area contributed by atoms with E-state index in [9.17, 15) is 45.9 Å². The van der Waals surface area contributed by atoms with Crippen molar-refractivity contribution in [3.63, 3.8) is 0 Å². The van der Waals surface area contributed by atoms with E-state index in [1.54, 1.807) is 36.7 Å². The third-order valence-electron chi connectivity index (χ3n) is 11.4. The van der Waals surface area contributed by atoms with Crippen molar-refractivity contribution in [1.29, 1.82) is 0 Å². The molecule has 2 aliphatic heterocycles. The van der Waals surface area contributed by atoms with Crippen molar-refractivity contribution in [1.82, 2.24) is 29.8 Å². The number of carbonyl (C=O) groups is 4. The number of carboxylic acid groups (broad SMARTS) is 1. The van der Waals surface area contributed by atoms with Gasteiger partial charge in [-0.2, -0.15) is 13.2 Å². The number of sulfonamides is 1. The Morgan fingerprint density at radius 1 is 1.16 bits per heavy atom. The van der Waals surface area contributed by atoms with Crippen LogP contribution in [-0.4, -0.2) is 104 Å². The number of ether oxygens (including phenoxy) is 1. The molecule has 0 radical (unpaired) electrons. The van der Waals surface area contributed by atoms with Crippen LogP contribution in [0.3, 0.4) is 0 Å². The SMILES string of the molecule is CC[C@@H]1C[C@H](C)CC/C=C\[C@@H]2C[C@@]2(C(=O)NS(=O)(=O)C2CC2)NC(=O)[C@@H]2C[C@@H](Oc3ccc(-c4nccs4)cn3)CN2C(=O)[C@H]1N(C(=O)O)C(C)(C)C(F)(F)F. The summed E-state index contributed by atoms with van der Waals surface area (Å²) < 4.78 is 78.1. The molecule has 4 amide bonds.